The zero-order valence-corrected chi connectivity index (χ0v) is 10.8. The van der Waals surface area contributed by atoms with Crippen molar-refractivity contribution in [2.45, 2.75) is 52.9 Å². The van der Waals surface area contributed by atoms with E-state index in [0.29, 0.717) is 25.0 Å². The highest BCUT2D eigenvalue weighted by Crippen LogP contribution is 2.42. The van der Waals surface area contributed by atoms with Crippen LogP contribution < -0.4 is 0 Å². The number of hydrogen-bond acceptors (Lipinski definition) is 3. The smallest absolute Gasteiger partial charge is 0.314 e. The first-order valence-electron chi connectivity index (χ1n) is 6.40. The monoisotopic (exact) mass is 236 g/mol. The summed E-state index contributed by atoms with van der Waals surface area (Å²) in [6.45, 7) is 6.13. The van der Waals surface area contributed by atoms with Gasteiger partial charge < -0.3 is 4.74 Å². The SMILES string of the molecule is CCC[C@@H]1CC2=C(CC(C)(C)CC2=O)OC1=O. The van der Waals surface area contributed by atoms with Crippen LogP contribution >= 0.6 is 0 Å². The number of Topliss-reactive ketones (excluding diaryl/α,β-unsaturated/α-hetero) is 1. The Morgan fingerprint density at radius 1 is 1.29 bits per heavy atom. The number of esters is 1. The Bertz CT molecular complexity index is 390. The Balaban J connectivity index is 2.24. The van der Waals surface area contributed by atoms with E-state index in [4.69, 9.17) is 4.74 Å². The van der Waals surface area contributed by atoms with E-state index in [2.05, 4.69) is 0 Å². The number of hydrogen-bond donors (Lipinski definition) is 0. The van der Waals surface area contributed by atoms with Crippen molar-refractivity contribution in [1.29, 1.82) is 0 Å². The molecule has 0 N–H and O–H groups in total. The molecule has 0 aromatic carbocycles. The number of rotatable bonds is 2. The van der Waals surface area contributed by atoms with Gasteiger partial charge in [-0.25, -0.2) is 0 Å². The summed E-state index contributed by atoms with van der Waals surface area (Å²) in [4.78, 5) is 23.8. The van der Waals surface area contributed by atoms with Crippen molar-refractivity contribution in [3.63, 3.8) is 0 Å². The average Bonchev–Trinajstić information content (AvgIpc) is 2.19. The fourth-order valence-electron chi connectivity index (χ4n) is 2.73. The van der Waals surface area contributed by atoms with Gasteiger partial charge in [-0.2, -0.15) is 0 Å². The fraction of sp³-hybridized carbons (Fsp3) is 0.714. The van der Waals surface area contributed by atoms with Gasteiger partial charge in [-0.05, 0) is 18.3 Å². The van der Waals surface area contributed by atoms with E-state index in [0.717, 1.165) is 18.4 Å². The Morgan fingerprint density at radius 2 is 2.00 bits per heavy atom. The van der Waals surface area contributed by atoms with Gasteiger partial charge in [-0.3, -0.25) is 9.59 Å². The van der Waals surface area contributed by atoms with Crippen molar-refractivity contribution >= 4 is 11.8 Å². The second-order valence-electron chi connectivity index (χ2n) is 5.95. The third-order valence-corrected chi connectivity index (χ3v) is 3.60. The third kappa shape index (κ3) is 2.43. The van der Waals surface area contributed by atoms with E-state index >= 15 is 0 Å². The summed E-state index contributed by atoms with van der Waals surface area (Å²) in [5.74, 6) is 0.563. The number of ether oxygens (including phenoxy) is 1. The second kappa shape index (κ2) is 4.28. The van der Waals surface area contributed by atoms with Crippen molar-refractivity contribution in [2.75, 3.05) is 0 Å². The highest BCUT2D eigenvalue weighted by atomic mass is 16.5. The second-order valence-corrected chi connectivity index (χ2v) is 5.95. The molecule has 2 rings (SSSR count). The van der Waals surface area contributed by atoms with Crippen LogP contribution in [0.2, 0.25) is 0 Å². The van der Waals surface area contributed by atoms with E-state index in [1.807, 2.05) is 20.8 Å². The van der Waals surface area contributed by atoms with Crippen LogP contribution in [-0.4, -0.2) is 11.8 Å². The molecule has 1 aliphatic carbocycles. The molecule has 0 amide bonds. The molecule has 94 valence electrons. The van der Waals surface area contributed by atoms with Crippen LogP contribution in [0, 0.1) is 11.3 Å². The predicted molar refractivity (Wildman–Crippen MR) is 64.2 cm³/mol. The van der Waals surface area contributed by atoms with Crippen molar-refractivity contribution in [3.05, 3.63) is 11.3 Å². The fourth-order valence-corrected chi connectivity index (χ4v) is 2.73. The number of carbonyl (C=O) groups excluding carboxylic acids is 2. The van der Waals surface area contributed by atoms with Gasteiger partial charge in [0.1, 0.15) is 5.76 Å². The van der Waals surface area contributed by atoms with Crippen LogP contribution in [-0.2, 0) is 14.3 Å². The minimum absolute atomic E-state index is 0.0756. The molecule has 0 unspecified atom stereocenters. The summed E-state index contributed by atoms with van der Waals surface area (Å²) in [7, 11) is 0. The predicted octanol–water partition coefficient (Wildman–Crippen LogP) is 2.99. The molecule has 0 fully saturated rings. The Labute approximate surface area is 102 Å². The zero-order chi connectivity index (χ0) is 12.6. The lowest BCUT2D eigenvalue weighted by Crippen LogP contribution is -2.34. The first kappa shape index (κ1) is 12.3. The molecule has 0 spiro atoms. The molecule has 1 aliphatic heterocycles. The minimum Gasteiger partial charge on any atom is -0.430 e. The summed E-state index contributed by atoms with van der Waals surface area (Å²) in [5.41, 5.74) is 0.704. The van der Waals surface area contributed by atoms with Crippen LogP contribution in [0.15, 0.2) is 11.3 Å². The topological polar surface area (TPSA) is 43.4 Å². The number of allylic oxidation sites excluding steroid dienone is 2. The van der Waals surface area contributed by atoms with Gasteiger partial charge in [0.25, 0.3) is 0 Å². The van der Waals surface area contributed by atoms with Gasteiger partial charge >= 0.3 is 5.97 Å². The van der Waals surface area contributed by atoms with Gasteiger partial charge in [0.15, 0.2) is 5.78 Å². The molecule has 0 aromatic rings. The lowest BCUT2D eigenvalue weighted by atomic mass is 9.73. The van der Waals surface area contributed by atoms with Gasteiger partial charge in [0.05, 0.1) is 5.92 Å². The molecule has 2 aliphatic rings. The largest absolute Gasteiger partial charge is 0.430 e. The van der Waals surface area contributed by atoms with Crippen LogP contribution in [0.3, 0.4) is 0 Å². The van der Waals surface area contributed by atoms with E-state index in [9.17, 15) is 9.59 Å². The van der Waals surface area contributed by atoms with E-state index in [1.54, 1.807) is 0 Å². The molecule has 0 bridgehead atoms. The third-order valence-electron chi connectivity index (χ3n) is 3.60. The van der Waals surface area contributed by atoms with Gasteiger partial charge in [-0.1, -0.05) is 27.2 Å². The molecule has 0 aromatic heterocycles. The van der Waals surface area contributed by atoms with Gasteiger partial charge in [0, 0.05) is 18.4 Å². The molecule has 0 saturated carbocycles. The van der Waals surface area contributed by atoms with Crippen LogP contribution in [0.5, 0.6) is 0 Å². The molecule has 17 heavy (non-hydrogen) atoms. The number of ketones is 1. The summed E-state index contributed by atoms with van der Waals surface area (Å²) in [6, 6.07) is 0. The van der Waals surface area contributed by atoms with Crippen LogP contribution in [0.1, 0.15) is 52.9 Å². The summed E-state index contributed by atoms with van der Waals surface area (Å²) in [5, 5.41) is 0. The Kier molecular flexibility index (Phi) is 3.11. The van der Waals surface area contributed by atoms with Gasteiger partial charge in [0.2, 0.25) is 0 Å². The lowest BCUT2D eigenvalue weighted by molar-refractivity contribution is -0.147. The molecule has 0 saturated heterocycles. The number of carbonyl (C=O) groups is 2. The molecule has 3 nitrogen and oxygen atoms in total. The normalized spacial score (nSPS) is 27.8. The maximum Gasteiger partial charge on any atom is 0.314 e. The Morgan fingerprint density at radius 3 is 2.65 bits per heavy atom. The molecular weight excluding hydrogens is 216 g/mol. The van der Waals surface area contributed by atoms with Crippen molar-refractivity contribution in [2.24, 2.45) is 11.3 Å². The minimum atomic E-state index is -0.142. The van der Waals surface area contributed by atoms with E-state index in [1.165, 1.54) is 0 Å². The van der Waals surface area contributed by atoms with Crippen molar-refractivity contribution < 1.29 is 14.3 Å². The first-order valence-corrected chi connectivity index (χ1v) is 6.40. The molecule has 3 heteroatoms. The Hall–Kier alpha value is -1.12. The molecule has 0 radical (unpaired) electrons. The maximum absolute atomic E-state index is 12.1. The van der Waals surface area contributed by atoms with Crippen molar-refractivity contribution in [1.82, 2.24) is 0 Å². The molecule has 1 atom stereocenters. The lowest BCUT2D eigenvalue weighted by Gasteiger charge is -2.35. The zero-order valence-electron chi connectivity index (χ0n) is 10.8. The van der Waals surface area contributed by atoms with Gasteiger partial charge in [-0.15, -0.1) is 0 Å². The van der Waals surface area contributed by atoms with Crippen LogP contribution in [0.25, 0.3) is 0 Å². The highest BCUT2D eigenvalue weighted by molar-refractivity contribution is 5.99. The summed E-state index contributed by atoms with van der Waals surface area (Å²) < 4.78 is 5.38. The average molecular weight is 236 g/mol. The van der Waals surface area contributed by atoms with E-state index in [-0.39, 0.29) is 23.1 Å². The van der Waals surface area contributed by atoms with Crippen molar-refractivity contribution in [3.8, 4) is 0 Å². The highest BCUT2D eigenvalue weighted by Gasteiger charge is 2.40. The van der Waals surface area contributed by atoms with E-state index < -0.39 is 0 Å². The standard InChI is InChI=1S/C14H20O3/c1-4-5-9-6-10-11(15)7-14(2,3)8-12(10)17-13(9)16/h9H,4-8H2,1-3H3/t9-/m1/s1. The quantitative estimate of drug-likeness (QED) is 0.692. The summed E-state index contributed by atoms with van der Waals surface area (Å²) in [6.07, 6.45) is 3.63. The first-order chi connectivity index (χ1) is 7.93. The summed E-state index contributed by atoms with van der Waals surface area (Å²) >= 11 is 0. The molecule has 1 heterocycles. The van der Waals surface area contributed by atoms with Crippen LogP contribution in [0.4, 0.5) is 0 Å². The maximum atomic E-state index is 12.1. The molecular formula is C14H20O3.